The van der Waals surface area contributed by atoms with Gasteiger partial charge in [-0.25, -0.2) is 0 Å². The van der Waals surface area contributed by atoms with Crippen LogP contribution in [0.15, 0.2) is 54.9 Å². The second-order valence-corrected chi connectivity index (χ2v) is 6.64. The minimum atomic E-state index is 0.0434. The second-order valence-electron chi connectivity index (χ2n) is 6.64. The van der Waals surface area contributed by atoms with Crippen LogP contribution in [0.3, 0.4) is 0 Å². The molecular weight excluding hydrogens is 314 g/mol. The maximum atomic E-state index is 12.8. The van der Waals surface area contributed by atoms with Crippen molar-refractivity contribution in [3.63, 3.8) is 0 Å². The fourth-order valence-electron chi connectivity index (χ4n) is 3.74. The summed E-state index contributed by atoms with van der Waals surface area (Å²) in [7, 11) is 0. The van der Waals surface area contributed by atoms with Crippen molar-refractivity contribution in [2.75, 3.05) is 19.7 Å². The van der Waals surface area contributed by atoms with Crippen LogP contribution in [0.1, 0.15) is 17.2 Å². The monoisotopic (exact) mass is 335 g/mol. The number of pyridine rings is 1. The third-order valence-electron chi connectivity index (χ3n) is 5.11. The average Bonchev–Trinajstić information content (AvgIpc) is 3.27. The van der Waals surface area contributed by atoms with Gasteiger partial charge in [0.15, 0.2) is 0 Å². The van der Waals surface area contributed by atoms with E-state index in [4.69, 9.17) is 0 Å². The summed E-state index contributed by atoms with van der Waals surface area (Å²) in [5.41, 5.74) is 3.01. The molecule has 25 heavy (non-hydrogen) atoms. The predicted molar refractivity (Wildman–Crippen MR) is 96.1 cm³/mol. The molecular formula is C20H21N3O2. The number of nitrogens with zero attached hydrogens (tertiary/aromatic N) is 2. The molecule has 2 N–H and O–H groups in total. The van der Waals surface area contributed by atoms with Crippen molar-refractivity contribution in [1.29, 1.82) is 0 Å². The van der Waals surface area contributed by atoms with Gasteiger partial charge in [-0.15, -0.1) is 0 Å². The lowest BCUT2D eigenvalue weighted by Gasteiger charge is -2.16. The molecule has 1 aliphatic rings. The summed E-state index contributed by atoms with van der Waals surface area (Å²) in [4.78, 5) is 22.3. The fourth-order valence-corrected chi connectivity index (χ4v) is 3.74. The second kappa shape index (κ2) is 6.69. The van der Waals surface area contributed by atoms with Crippen LogP contribution in [0.5, 0.6) is 0 Å². The number of benzene rings is 1. The highest BCUT2D eigenvalue weighted by Crippen LogP contribution is 2.32. The Labute approximate surface area is 146 Å². The number of carbonyl (C=O) groups is 1. The van der Waals surface area contributed by atoms with E-state index in [9.17, 15) is 9.90 Å². The molecule has 0 bridgehead atoms. The highest BCUT2D eigenvalue weighted by molar-refractivity contribution is 5.89. The SMILES string of the molecule is O=C(Cc1c[nH]c2ccccc12)N1C[C@@H](CO)[C@H](c2ccccn2)C1. The number of aliphatic hydroxyl groups is 1. The van der Waals surface area contributed by atoms with E-state index in [2.05, 4.69) is 9.97 Å². The molecule has 0 unspecified atom stereocenters. The molecule has 1 aromatic carbocycles. The van der Waals surface area contributed by atoms with Crippen LogP contribution in [0, 0.1) is 5.92 Å². The van der Waals surface area contributed by atoms with E-state index in [-0.39, 0.29) is 24.3 Å². The van der Waals surface area contributed by atoms with E-state index in [0.717, 1.165) is 22.2 Å². The summed E-state index contributed by atoms with van der Waals surface area (Å²) in [6.07, 6.45) is 4.05. The van der Waals surface area contributed by atoms with Crippen molar-refractivity contribution in [3.8, 4) is 0 Å². The van der Waals surface area contributed by atoms with Crippen LogP contribution in [-0.2, 0) is 11.2 Å². The van der Waals surface area contributed by atoms with Gasteiger partial charge in [0.05, 0.1) is 6.42 Å². The first-order chi connectivity index (χ1) is 12.3. The third-order valence-corrected chi connectivity index (χ3v) is 5.11. The standard InChI is InChI=1S/C20H21N3O2/c24-13-15-11-23(12-17(15)19-7-3-4-8-21-19)20(25)9-14-10-22-18-6-2-1-5-16(14)18/h1-8,10,15,17,22,24H,9,11-13H2/t15-,17+/m0/s1. The van der Waals surface area contributed by atoms with E-state index in [1.165, 1.54) is 0 Å². The highest BCUT2D eigenvalue weighted by atomic mass is 16.3. The Bertz CT molecular complexity index is 875. The number of H-pyrrole nitrogens is 1. The van der Waals surface area contributed by atoms with Crippen LogP contribution in [-0.4, -0.2) is 45.6 Å². The van der Waals surface area contributed by atoms with Crippen LogP contribution >= 0.6 is 0 Å². The van der Waals surface area contributed by atoms with E-state index in [1.54, 1.807) is 6.20 Å². The third kappa shape index (κ3) is 3.03. The number of carbonyl (C=O) groups excluding carboxylic acids is 1. The zero-order chi connectivity index (χ0) is 17.2. The summed E-state index contributed by atoms with van der Waals surface area (Å²) in [6.45, 7) is 1.26. The quantitative estimate of drug-likeness (QED) is 0.769. The first kappa shape index (κ1) is 15.8. The fraction of sp³-hybridized carbons (Fsp3) is 0.300. The maximum absolute atomic E-state index is 12.8. The number of likely N-dealkylation sites (tertiary alicyclic amines) is 1. The zero-order valence-corrected chi connectivity index (χ0v) is 13.9. The van der Waals surface area contributed by atoms with Gasteiger partial charge in [-0.3, -0.25) is 9.78 Å². The highest BCUT2D eigenvalue weighted by Gasteiger charge is 2.36. The van der Waals surface area contributed by atoms with Crippen molar-refractivity contribution < 1.29 is 9.90 Å². The van der Waals surface area contributed by atoms with Gasteiger partial charge in [-0.05, 0) is 23.8 Å². The molecule has 0 aliphatic carbocycles. The molecule has 2 atom stereocenters. The lowest BCUT2D eigenvalue weighted by atomic mass is 9.93. The van der Waals surface area contributed by atoms with Gasteiger partial charge in [-0.2, -0.15) is 0 Å². The molecule has 2 aromatic heterocycles. The zero-order valence-electron chi connectivity index (χ0n) is 13.9. The Hall–Kier alpha value is -2.66. The molecule has 3 aromatic rings. The largest absolute Gasteiger partial charge is 0.396 e. The van der Waals surface area contributed by atoms with Crippen LogP contribution in [0.2, 0.25) is 0 Å². The molecule has 1 fully saturated rings. The molecule has 5 heteroatoms. The van der Waals surface area contributed by atoms with Gasteiger partial charge in [-0.1, -0.05) is 24.3 Å². The van der Waals surface area contributed by atoms with Crippen molar-refractivity contribution in [1.82, 2.24) is 14.9 Å². The van der Waals surface area contributed by atoms with Crippen molar-refractivity contribution in [2.24, 2.45) is 5.92 Å². The van der Waals surface area contributed by atoms with Gasteiger partial charge >= 0.3 is 0 Å². The smallest absolute Gasteiger partial charge is 0.227 e. The Morgan fingerprint density at radius 2 is 2.04 bits per heavy atom. The van der Waals surface area contributed by atoms with Crippen LogP contribution in [0.4, 0.5) is 0 Å². The van der Waals surface area contributed by atoms with E-state index in [1.807, 2.05) is 53.6 Å². The minimum Gasteiger partial charge on any atom is -0.396 e. The number of amides is 1. The Morgan fingerprint density at radius 1 is 1.20 bits per heavy atom. The van der Waals surface area contributed by atoms with Gasteiger partial charge in [0.25, 0.3) is 0 Å². The molecule has 1 aliphatic heterocycles. The number of rotatable bonds is 4. The molecule has 128 valence electrons. The van der Waals surface area contributed by atoms with E-state index >= 15 is 0 Å². The van der Waals surface area contributed by atoms with Crippen molar-refractivity contribution in [3.05, 3.63) is 66.1 Å². The number of aromatic amines is 1. The minimum absolute atomic E-state index is 0.0434. The lowest BCUT2D eigenvalue weighted by molar-refractivity contribution is -0.129. The number of aromatic nitrogens is 2. The van der Waals surface area contributed by atoms with E-state index < -0.39 is 0 Å². The molecule has 0 radical (unpaired) electrons. The number of nitrogens with one attached hydrogen (secondary N) is 1. The number of fused-ring (bicyclic) bond motifs is 1. The predicted octanol–water partition coefficient (Wildman–Crippen LogP) is 2.34. The summed E-state index contributed by atoms with van der Waals surface area (Å²) in [5, 5.41) is 10.8. The normalized spacial score (nSPS) is 20.3. The first-order valence-corrected chi connectivity index (χ1v) is 8.61. The lowest BCUT2D eigenvalue weighted by Crippen LogP contribution is -2.30. The summed E-state index contributed by atoms with van der Waals surface area (Å²) in [5.74, 6) is 0.238. The molecule has 5 nitrogen and oxygen atoms in total. The summed E-state index contributed by atoms with van der Waals surface area (Å²) >= 11 is 0. The van der Waals surface area contributed by atoms with Crippen molar-refractivity contribution in [2.45, 2.75) is 12.3 Å². The average molecular weight is 335 g/mol. The Balaban J connectivity index is 1.51. The maximum Gasteiger partial charge on any atom is 0.227 e. The van der Waals surface area contributed by atoms with Gasteiger partial charge in [0.1, 0.15) is 0 Å². The topological polar surface area (TPSA) is 69.2 Å². The molecule has 1 saturated heterocycles. The van der Waals surface area contributed by atoms with Crippen molar-refractivity contribution >= 4 is 16.8 Å². The summed E-state index contributed by atoms with van der Waals surface area (Å²) < 4.78 is 0. The van der Waals surface area contributed by atoms with Crippen LogP contribution < -0.4 is 0 Å². The van der Waals surface area contributed by atoms with Gasteiger partial charge in [0, 0.05) is 60.5 Å². The molecule has 1 amide bonds. The number of aliphatic hydroxyl groups excluding tert-OH is 1. The first-order valence-electron chi connectivity index (χ1n) is 8.61. The van der Waals surface area contributed by atoms with Gasteiger partial charge < -0.3 is 15.0 Å². The van der Waals surface area contributed by atoms with Crippen LogP contribution in [0.25, 0.3) is 10.9 Å². The van der Waals surface area contributed by atoms with Gasteiger partial charge in [0.2, 0.25) is 5.91 Å². The molecule has 0 spiro atoms. The Kier molecular flexibility index (Phi) is 4.24. The molecule has 0 saturated carbocycles. The molecule has 3 heterocycles. The summed E-state index contributed by atoms with van der Waals surface area (Å²) in [6, 6.07) is 13.8. The number of hydrogen-bond acceptors (Lipinski definition) is 3. The molecule has 4 rings (SSSR count). The van der Waals surface area contributed by atoms with E-state index in [0.29, 0.717) is 19.5 Å². The number of para-hydroxylation sites is 1. The Morgan fingerprint density at radius 3 is 2.84 bits per heavy atom. The number of hydrogen-bond donors (Lipinski definition) is 2.